The highest BCUT2D eigenvalue weighted by atomic mass is 16.5. The van der Waals surface area contributed by atoms with Gasteiger partial charge in [0.1, 0.15) is 5.75 Å². The highest BCUT2D eigenvalue weighted by Gasteiger charge is 1.97. The summed E-state index contributed by atoms with van der Waals surface area (Å²) in [5, 5.41) is 12.3. The van der Waals surface area contributed by atoms with E-state index in [1.807, 2.05) is 24.3 Å². The van der Waals surface area contributed by atoms with Crippen LogP contribution in [0.5, 0.6) is 5.75 Å². The fourth-order valence-corrected chi connectivity index (χ4v) is 1.35. The molecule has 0 aromatic heterocycles. The number of hydrogen-bond donors (Lipinski definition) is 2. The zero-order valence-electron chi connectivity index (χ0n) is 10.1. The molecule has 3 nitrogen and oxygen atoms in total. The summed E-state index contributed by atoms with van der Waals surface area (Å²) in [5.74, 6) is 0.918. The normalized spacial score (nSPS) is 12.4. The van der Waals surface area contributed by atoms with Crippen LogP contribution in [0, 0.1) is 0 Å². The van der Waals surface area contributed by atoms with Crippen molar-refractivity contribution in [2.24, 2.45) is 0 Å². The summed E-state index contributed by atoms with van der Waals surface area (Å²) in [4.78, 5) is 0. The topological polar surface area (TPSA) is 41.5 Å². The first-order valence-electron chi connectivity index (χ1n) is 5.83. The molecule has 0 saturated carbocycles. The third-order valence-electron chi connectivity index (χ3n) is 2.17. The van der Waals surface area contributed by atoms with Crippen molar-refractivity contribution in [2.75, 3.05) is 13.2 Å². The van der Waals surface area contributed by atoms with Crippen LogP contribution in [0.1, 0.15) is 25.8 Å². The van der Waals surface area contributed by atoms with E-state index in [9.17, 15) is 0 Å². The van der Waals surface area contributed by atoms with Crippen LogP contribution in [0.25, 0.3) is 0 Å². The predicted molar refractivity (Wildman–Crippen MR) is 65.6 cm³/mol. The molecule has 0 spiro atoms. The van der Waals surface area contributed by atoms with Gasteiger partial charge in [-0.2, -0.15) is 0 Å². The summed E-state index contributed by atoms with van der Waals surface area (Å²) >= 11 is 0. The van der Waals surface area contributed by atoms with Crippen molar-refractivity contribution >= 4 is 0 Å². The van der Waals surface area contributed by atoms with E-state index in [1.165, 1.54) is 5.56 Å². The first-order valence-corrected chi connectivity index (χ1v) is 5.83. The van der Waals surface area contributed by atoms with E-state index in [1.54, 1.807) is 6.92 Å². The van der Waals surface area contributed by atoms with E-state index >= 15 is 0 Å². The second-order valence-electron chi connectivity index (χ2n) is 3.97. The molecule has 1 aromatic rings. The molecule has 0 unspecified atom stereocenters. The molecular formula is C13H21NO2. The minimum absolute atomic E-state index is 0.299. The maximum Gasteiger partial charge on any atom is 0.119 e. The van der Waals surface area contributed by atoms with Gasteiger partial charge in [-0.25, -0.2) is 0 Å². The zero-order valence-corrected chi connectivity index (χ0v) is 10.1. The minimum atomic E-state index is -0.299. The standard InChI is InChI=1S/C13H21NO2/c1-3-8-16-13-6-4-12(5-7-13)10-14-9-11(2)15/h4-7,11,14-15H,3,8-10H2,1-2H3/t11-/m0/s1. The number of nitrogens with one attached hydrogen (secondary N) is 1. The third kappa shape index (κ3) is 5.14. The molecule has 0 bridgehead atoms. The van der Waals surface area contributed by atoms with Gasteiger partial charge in [0.2, 0.25) is 0 Å². The second kappa shape index (κ2) is 7.25. The first kappa shape index (κ1) is 13.0. The average molecular weight is 223 g/mol. The second-order valence-corrected chi connectivity index (χ2v) is 3.97. The highest BCUT2D eigenvalue weighted by molar-refractivity contribution is 5.27. The molecule has 1 aromatic carbocycles. The van der Waals surface area contributed by atoms with Crippen molar-refractivity contribution in [3.05, 3.63) is 29.8 Å². The van der Waals surface area contributed by atoms with Crippen LogP contribution in [-0.4, -0.2) is 24.4 Å². The summed E-state index contributed by atoms with van der Waals surface area (Å²) in [5.41, 5.74) is 1.20. The summed E-state index contributed by atoms with van der Waals surface area (Å²) < 4.78 is 5.49. The average Bonchev–Trinajstić information content (AvgIpc) is 2.27. The van der Waals surface area contributed by atoms with Crippen LogP contribution >= 0.6 is 0 Å². The predicted octanol–water partition coefficient (Wildman–Crippen LogP) is 1.95. The van der Waals surface area contributed by atoms with Crippen molar-refractivity contribution in [1.82, 2.24) is 5.32 Å². The summed E-state index contributed by atoms with van der Waals surface area (Å²) in [6.45, 7) is 6.02. The Morgan fingerprint density at radius 1 is 1.31 bits per heavy atom. The maximum absolute atomic E-state index is 9.09. The van der Waals surface area contributed by atoms with Crippen LogP contribution in [0.15, 0.2) is 24.3 Å². The zero-order chi connectivity index (χ0) is 11.8. The fourth-order valence-electron chi connectivity index (χ4n) is 1.35. The Balaban J connectivity index is 2.33. The number of rotatable bonds is 7. The van der Waals surface area contributed by atoms with Gasteiger partial charge in [-0.15, -0.1) is 0 Å². The Morgan fingerprint density at radius 3 is 2.56 bits per heavy atom. The highest BCUT2D eigenvalue weighted by Crippen LogP contribution is 2.12. The van der Waals surface area contributed by atoms with Crippen molar-refractivity contribution in [2.45, 2.75) is 32.9 Å². The summed E-state index contributed by atoms with van der Waals surface area (Å²) in [6.07, 6.45) is 0.727. The number of benzene rings is 1. The van der Waals surface area contributed by atoms with Crippen molar-refractivity contribution in [1.29, 1.82) is 0 Å². The molecule has 1 atom stereocenters. The fraction of sp³-hybridized carbons (Fsp3) is 0.538. The van der Waals surface area contributed by atoms with Gasteiger partial charge in [0, 0.05) is 13.1 Å². The molecule has 0 amide bonds. The number of ether oxygens (including phenoxy) is 1. The van der Waals surface area contributed by atoms with Gasteiger partial charge >= 0.3 is 0 Å². The van der Waals surface area contributed by atoms with Crippen molar-refractivity contribution < 1.29 is 9.84 Å². The molecule has 90 valence electrons. The summed E-state index contributed by atoms with van der Waals surface area (Å²) in [7, 11) is 0. The number of hydrogen-bond acceptors (Lipinski definition) is 3. The molecule has 0 heterocycles. The van der Waals surface area contributed by atoms with Gasteiger partial charge in [0.05, 0.1) is 12.7 Å². The smallest absolute Gasteiger partial charge is 0.119 e. The van der Waals surface area contributed by atoms with Gasteiger partial charge in [0.25, 0.3) is 0 Å². The van der Waals surface area contributed by atoms with Gasteiger partial charge in [-0.05, 0) is 31.0 Å². The molecule has 16 heavy (non-hydrogen) atoms. The Bertz CT molecular complexity index is 282. The van der Waals surface area contributed by atoms with Crippen LogP contribution < -0.4 is 10.1 Å². The molecule has 1 rings (SSSR count). The quantitative estimate of drug-likeness (QED) is 0.742. The van der Waals surface area contributed by atoms with Crippen LogP contribution in [0.2, 0.25) is 0 Å². The lowest BCUT2D eigenvalue weighted by molar-refractivity contribution is 0.191. The molecule has 3 heteroatoms. The molecular weight excluding hydrogens is 202 g/mol. The van der Waals surface area contributed by atoms with Crippen molar-refractivity contribution in [3.63, 3.8) is 0 Å². The Hall–Kier alpha value is -1.06. The molecule has 0 radical (unpaired) electrons. The number of aliphatic hydroxyl groups is 1. The largest absolute Gasteiger partial charge is 0.494 e. The van der Waals surface area contributed by atoms with E-state index in [4.69, 9.17) is 9.84 Å². The van der Waals surface area contributed by atoms with Crippen LogP contribution in [0.4, 0.5) is 0 Å². The molecule has 0 saturated heterocycles. The van der Waals surface area contributed by atoms with Gasteiger partial charge in [-0.1, -0.05) is 19.1 Å². The van der Waals surface area contributed by atoms with Gasteiger partial charge < -0.3 is 15.2 Å². The molecule has 2 N–H and O–H groups in total. The van der Waals surface area contributed by atoms with Crippen molar-refractivity contribution in [3.8, 4) is 5.75 Å². The Labute approximate surface area is 97.4 Å². The molecule has 0 aliphatic heterocycles. The van der Waals surface area contributed by atoms with Crippen LogP contribution in [-0.2, 0) is 6.54 Å². The first-order chi connectivity index (χ1) is 7.72. The van der Waals surface area contributed by atoms with E-state index in [0.29, 0.717) is 6.54 Å². The van der Waals surface area contributed by atoms with Gasteiger partial charge in [-0.3, -0.25) is 0 Å². The Kier molecular flexibility index (Phi) is 5.90. The SMILES string of the molecule is CCCOc1ccc(CNC[C@H](C)O)cc1. The molecule has 0 aliphatic carbocycles. The van der Waals surface area contributed by atoms with Crippen LogP contribution in [0.3, 0.4) is 0 Å². The van der Waals surface area contributed by atoms with E-state index in [0.717, 1.165) is 25.3 Å². The van der Waals surface area contributed by atoms with E-state index < -0.39 is 0 Å². The monoisotopic (exact) mass is 223 g/mol. The van der Waals surface area contributed by atoms with Gasteiger partial charge in [0.15, 0.2) is 0 Å². The lowest BCUT2D eigenvalue weighted by Gasteiger charge is -2.08. The molecule has 0 fully saturated rings. The lowest BCUT2D eigenvalue weighted by atomic mass is 10.2. The lowest BCUT2D eigenvalue weighted by Crippen LogP contribution is -2.23. The molecule has 0 aliphatic rings. The van der Waals surface area contributed by atoms with E-state index in [-0.39, 0.29) is 6.10 Å². The maximum atomic E-state index is 9.09. The number of aliphatic hydroxyl groups excluding tert-OH is 1. The Morgan fingerprint density at radius 2 is 2.00 bits per heavy atom. The minimum Gasteiger partial charge on any atom is -0.494 e. The third-order valence-corrected chi connectivity index (χ3v) is 2.17. The van der Waals surface area contributed by atoms with E-state index in [2.05, 4.69) is 12.2 Å². The summed E-state index contributed by atoms with van der Waals surface area (Å²) in [6, 6.07) is 8.05.